The molecule has 0 fully saturated rings. The van der Waals surface area contributed by atoms with Gasteiger partial charge in [0.15, 0.2) is 17.8 Å². The van der Waals surface area contributed by atoms with Crippen molar-refractivity contribution in [3.05, 3.63) is 73.0 Å². The first kappa shape index (κ1) is 17.2. The van der Waals surface area contributed by atoms with Gasteiger partial charge in [-0.3, -0.25) is 14.8 Å². The van der Waals surface area contributed by atoms with Gasteiger partial charge in [-0.05, 0) is 24.3 Å². The highest BCUT2D eigenvalue weighted by molar-refractivity contribution is 5.72. The van der Waals surface area contributed by atoms with Gasteiger partial charge in [-0.25, -0.2) is 9.97 Å². The molecule has 4 rings (SSSR count). The lowest BCUT2D eigenvalue weighted by atomic mass is 10.3. The average molecular weight is 350 g/mol. The van der Waals surface area contributed by atoms with Crippen molar-refractivity contribution in [3.8, 4) is 22.9 Å². The number of carbonyl (C=O) groups is 1. The molecule has 0 unspecified atom stereocenters. The van der Waals surface area contributed by atoms with Crippen molar-refractivity contribution in [3.63, 3.8) is 0 Å². The van der Waals surface area contributed by atoms with Crippen LogP contribution in [0.4, 0.5) is 0 Å². The molecule has 0 radical (unpaired) electrons. The van der Waals surface area contributed by atoms with Gasteiger partial charge in [-0.15, -0.1) is 0 Å². The second-order valence-electron chi connectivity index (χ2n) is 4.96. The molecule has 0 aromatic carbocycles. The summed E-state index contributed by atoms with van der Waals surface area (Å²) < 4.78 is 10.2. The highest BCUT2D eigenvalue weighted by atomic mass is 16.3. The van der Waals surface area contributed by atoms with E-state index in [0.29, 0.717) is 40.6 Å². The van der Waals surface area contributed by atoms with Crippen LogP contribution in [0.15, 0.2) is 70.4 Å². The van der Waals surface area contributed by atoms with Gasteiger partial charge in [0.25, 0.3) is 0 Å². The Labute approximate surface area is 148 Å². The minimum absolute atomic E-state index is 0.110. The van der Waals surface area contributed by atoms with E-state index in [0.717, 1.165) is 0 Å². The second-order valence-corrected chi connectivity index (χ2v) is 4.96. The topological polar surface area (TPSA) is 115 Å². The van der Waals surface area contributed by atoms with E-state index in [1.165, 1.54) is 12.4 Å². The lowest BCUT2D eigenvalue weighted by molar-refractivity contribution is 0.111. The smallest absolute Gasteiger partial charge is 0.170 e. The molecule has 0 spiro atoms. The van der Waals surface area contributed by atoms with Crippen LogP contribution in [0.5, 0.6) is 0 Å². The van der Waals surface area contributed by atoms with Crippen molar-refractivity contribution in [2.24, 2.45) is 0 Å². The van der Waals surface area contributed by atoms with Crippen LogP contribution in [0, 0.1) is 0 Å². The molecule has 0 aliphatic rings. The Morgan fingerprint density at radius 2 is 1.50 bits per heavy atom. The zero-order valence-electron chi connectivity index (χ0n) is 13.5. The molecule has 0 atom stereocenters. The summed E-state index contributed by atoms with van der Waals surface area (Å²) in [6.07, 6.45) is 9.84. The molecule has 26 heavy (non-hydrogen) atoms. The number of furan rings is 2. The van der Waals surface area contributed by atoms with Gasteiger partial charge in [0.2, 0.25) is 0 Å². The number of hydrogen-bond donors (Lipinski definition) is 1. The molecule has 0 bridgehead atoms. The average Bonchev–Trinajstić information content (AvgIpc) is 3.42. The molecule has 1 N–H and O–H groups in total. The summed E-state index contributed by atoms with van der Waals surface area (Å²) in [7, 11) is 0. The number of aromatic nitrogens is 4. The van der Waals surface area contributed by atoms with E-state index in [1.807, 2.05) is 0 Å². The minimum atomic E-state index is -0.110. The van der Waals surface area contributed by atoms with Crippen molar-refractivity contribution >= 4 is 6.29 Å². The van der Waals surface area contributed by atoms with Crippen LogP contribution in [-0.4, -0.2) is 31.3 Å². The molecule has 0 amide bonds. The Hall–Kier alpha value is -3.65. The summed E-state index contributed by atoms with van der Waals surface area (Å²) in [6.45, 7) is -0.110. The minimum Gasteiger partial charge on any atom is -0.463 e. The molecular formula is C18H14N4O4. The fraction of sp³-hybridized carbons (Fsp3) is 0.0556. The summed E-state index contributed by atoms with van der Waals surface area (Å²) in [5, 5.41) is 8.83. The maximum absolute atomic E-state index is 10.4. The van der Waals surface area contributed by atoms with Crippen LogP contribution in [0.3, 0.4) is 0 Å². The van der Waals surface area contributed by atoms with Gasteiger partial charge >= 0.3 is 0 Å². The molecular weight excluding hydrogens is 336 g/mol. The molecule has 130 valence electrons. The predicted octanol–water partition coefficient (Wildman–Crippen LogP) is 2.78. The first-order valence-corrected chi connectivity index (χ1v) is 7.57. The summed E-state index contributed by atoms with van der Waals surface area (Å²) in [4.78, 5) is 26.3. The number of nitrogens with zero attached hydrogens (tertiary/aromatic N) is 4. The maximum atomic E-state index is 10.4. The normalized spacial score (nSPS) is 10.0. The Morgan fingerprint density at radius 1 is 0.885 bits per heavy atom. The third-order valence-electron chi connectivity index (χ3n) is 3.17. The standard InChI is InChI=1S/C9H8N2O2.C9H6N2O2/c2*12-6-7-4-10-5-8(11-7)9-2-1-3-13-9/h1-5,12H,6H2;1-6H. The molecule has 0 aliphatic heterocycles. The van der Waals surface area contributed by atoms with Crippen LogP contribution in [-0.2, 0) is 6.61 Å². The van der Waals surface area contributed by atoms with Crippen molar-refractivity contribution in [1.82, 2.24) is 19.9 Å². The SMILES string of the molecule is O=Cc1cncc(-c2ccco2)n1.OCc1cncc(-c2ccco2)n1. The zero-order chi connectivity index (χ0) is 18.2. The molecule has 0 saturated carbocycles. The van der Waals surface area contributed by atoms with Crippen LogP contribution >= 0.6 is 0 Å². The third kappa shape index (κ3) is 4.25. The van der Waals surface area contributed by atoms with Gasteiger partial charge in [-0.1, -0.05) is 0 Å². The van der Waals surface area contributed by atoms with E-state index >= 15 is 0 Å². The molecule has 0 saturated heterocycles. The lowest BCUT2D eigenvalue weighted by Gasteiger charge is -1.97. The largest absolute Gasteiger partial charge is 0.463 e. The van der Waals surface area contributed by atoms with E-state index in [2.05, 4.69) is 19.9 Å². The highest BCUT2D eigenvalue weighted by Crippen LogP contribution is 2.16. The van der Waals surface area contributed by atoms with Crippen molar-refractivity contribution in [1.29, 1.82) is 0 Å². The van der Waals surface area contributed by atoms with Gasteiger partial charge in [0.05, 0.1) is 49.6 Å². The van der Waals surface area contributed by atoms with Gasteiger partial charge in [-0.2, -0.15) is 0 Å². The van der Waals surface area contributed by atoms with E-state index < -0.39 is 0 Å². The molecule has 0 aliphatic carbocycles. The number of aldehydes is 1. The lowest BCUT2D eigenvalue weighted by Crippen LogP contribution is -1.92. The second kappa shape index (κ2) is 8.45. The van der Waals surface area contributed by atoms with Gasteiger partial charge in [0.1, 0.15) is 17.1 Å². The Morgan fingerprint density at radius 3 is 2.04 bits per heavy atom. The van der Waals surface area contributed by atoms with Crippen molar-refractivity contribution in [2.45, 2.75) is 6.61 Å². The molecule has 4 aromatic rings. The first-order valence-electron chi connectivity index (χ1n) is 7.57. The summed E-state index contributed by atoms with van der Waals surface area (Å²) in [5.74, 6) is 1.26. The van der Waals surface area contributed by atoms with Crippen LogP contribution in [0.2, 0.25) is 0 Å². The summed E-state index contributed by atoms with van der Waals surface area (Å²) >= 11 is 0. The highest BCUT2D eigenvalue weighted by Gasteiger charge is 2.03. The van der Waals surface area contributed by atoms with Gasteiger partial charge < -0.3 is 13.9 Å². The number of rotatable bonds is 4. The summed E-state index contributed by atoms with van der Waals surface area (Å²) in [6, 6.07) is 7.09. The fourth-order valence-corrected chi connectivity index (χ4v) is 2.01. The fourth-order valence-electron chi connectivity index (χ4n) is 2.01. The van der Waals surface area contributed by atoms with Crippen LogP contribution < -0.4 is 0 Å². The molecule has 8 heteroatoms. The number of aliphatic hydroxyl groups excluding tert-OH is 1. The van der Waals surface area contributed by atoms with E-state index in [1.54, 1.807) is 49.2 Å². The Bertz CT molecular complexity index is 953. The monoisotopic (exact) mass is 350 g/mol. The van der Waals surface area contributed by atoms with E-state index in [-0.39, 0.29) is 6.61 Å². The zero-order valence-corrected chi connectivity index (χ0v) is 13.5. The number of hydrogen-bond acceptors (Lipinski definition) is 8. The van der Waals surface area contributed by atoms with E-state index in [9.17, 15) is 4.79 Å². The first-order chi connectivity index (χ1) is 12.8. The van der Waals surface area contributed by atoms with Crippen LogP contribution in [0.25, 0.3) is 22.9 Å². The summed E-state index contributed by atoms with van der Waals surface area (Å²) in [5.41, 5.74) is 2.04. The third-order valence-corrected chi connectivity index (χ3v) is 3.17. The number of carbonyl (C=O) groups excluding carboxylic acids is 1. The van der Waals surface area contributed by atoms with Gasteiger partial charge in [0, 0.05) is 0 Å². The molecule has 8 nitrogen and oxygen atoms in total. The predicted molar refractivity (Wildman–Crippen MR) is 90.8 cm³/mol. The number of aliphatic hydroxyl groups is 1. The quantitative estimate of drug-likeness (QED) is 0.559. The Balaban J connectivity index is 0.000000151. The van der Waals surface area contributed by atoms with Crippen LogP contribution in [0.1, 0.15) is 16.2 Å². The molecule has 4 heterocycles. The molecule has 4 aromatic heterocycles. The van der Waals surface area contributed by atoms with Crippen molar-refractivity contribution in [2.75, 3.05) is 0 Å². The van der Waals surface area contributed by atoms with Crippen molar-refractivity contribution < 1.29 is 18.7 Å². The van der Waals surface area contributed by atoms with E-state index in [4.69, 9.17) is 13.9 Å². The Kier molecular flexibility index (Phi) is 5.58. The maximum Gasteiger partial charge on any atom is 0.170 e.